The fourth-order valence-electron chi connectivity index (χ4n) is 1.62. The topological polar surface area (TPSA) is 43.7 Å². The average Bonchev–Trinajstić information content (AvgIpc) is 2.18. The van der Waals surface area contributed by atoms with E-state index in [4.69, 9.17) is 5.11 Å². The molecule has 0 amide bonds. The summed E-state index contributed by atoms with van der Waals surface area (Å²) in [5.41, 5.74) is -0.579. The lowest BCUT2D eigenvalue weighted by Gasteiger charge is -2.32. The van der Waals surface area contributed by atoms with Gasteiger partial charge in [-0.25, -0.2) is 0 Å². The summed E-state index contributed by atoms with van der Waals surface area (Å²) in [7, 11) is 0. The first kappa shape index (κ1) is 13.9. The van der Waals surface area contributed by atoms with Gasteiger partial charge >= 0.3 is 0 Å². The lowest BCUT2D eigenvalue weighted by Crippen LogP contribution is -2.43. The Balaban J connectivity index is 4.10. The van der Waals surface area contributed by atoms with E-state index >= 15 is 0 Å². The zero-order valence-electron chi connectivity index (χ0n) is 9.79. The van der Waals surface area contributed by atoms with Crippen LogP contribution in [0.5, 0.6) is 0 Å². The second-order valence-corrected chi connectivity index (χ2v) is 3.93. The van der Waals surface area contributed by atoms with E-state index in [0.717, 1.165) is 25.8 Å². The molecule has 0 radical (unpaired) electrons. The van der Waals surface area contributed by atoms with Crippen molar-refractivity contribution in [3.05, 3.63) is 0 Å². The molecule has 2 N–H and O–H groups in total. The molecule has 0 aliphatic rings. The molecule has 86 valence electrons. The SMILES string of the molecule is CCCN(CCO)CC(O)(CC)CC. The van der Waals surface area contributed by atoms with Gasteiger partial charge in [0.25, 0.3) is 0 Å². The summed E-state index contributed by atoms with van der Waals surface area (Å²) in [6, 6.07) is 0. The Kier molecular flexibility index (Phi) is 7.15. The van der Waals surface area contributed by atoms with Gasteiger partial charge in [-0.05, 0) is 25.8 Å². The molecular weight excluding hydrogens is 178 g/mol. The Morgan fingerprint density at radius 1 is 1.07 bits per heavy atom. The van der Waals surface area contributed by atoms with Crippen molar-refractivity contribution >= 4 is 0 Å². The molecule has 0 spiro atoms. The highest BCUT2D eigenvalue weighted by Crippen LogP contribution is 2.16. The van der Waals surface area contributed by atoms with Crippen LogP contribution < -0.4 is 0 Å². The summed E-state index contributed by atoms with van der Waals surface area (Å²) in [6.07, 6.45) is 2.60. The van der Waals surface area contributed by atoms with Gasteiger partial charge in [0, 0.05) is 13.1 Å². The summed E-state index contributed by atoms with van der Waals surface area (Å²) in [5, 5.41) is 19.0. The lowest BCUT2D eigenvalue weighted by molar-refractivity contribution is -0.00665. The number of hydrogen-bond acceptors (Lipinski definition) is 3. The van der Waals surface area contributed by atoms with Crippen LogP contribution in [0.2, 0.25) is 0 Å². The van der Waals surface area contributed by atoms with E-state index in [1.165, 1.54) is 0 Å². The molecule has 0 aromatic heterocycles. The average molecular weight is 203 g/mol. The lowest BCUT2D eigenvalue weighted by atomic mass is 9.97. The molecule has 0 saturated heterocycles. The number of aliphatic hydroxyl groups excluding tert-OH is 1. The van der Waals surface area contributed by atoms with Gasteiger partial charge in [-0.2, -0.15) is 0 Å². The largest absolute Gasteiger partial charge is 0.395 e. The van der Waals surface area contributed by atoms with Gasteiger partial charge in [-0.15, -0.1) is 0 Å². The Labute approximate surface area is 87.7 Å². The molecule has 0 unspecified atom stereocenters. The smallest absolute Gasteiger partial charge is 0.0768 e. The van der Waals surface area contributed by atoms with Crippen LogP contribution in [-0.4, -0.2) is 47.0 Å². The molecule has 0 rings (SSSR count). The highest BCUT2D eigenvalue weighted by atomic mass is 16.3. The van der Waals surface area contributed by atoms with Crippen molar-refractivity contribution in [1.29, 1.82) is 0 Å². The van der Waals surface area contributed by atoms with Gasteiger partial charge in [-0.3, -0.25) is 4.90 Å². The third kappa shape index (κ3) is 4.94. The molecule has 0 aliphatic heterocycles. The number of aliphatic hydroxyl groups is 2. The van der Waals surface area contributed by atoms with Crippen molar-refractivity contribution in [3.8, 4) is 0 Å². The molecule has 3 heteroatoms. The maximum atomic E-state index is 10.1. The molecule has 0 heterocycles. The fourth-order valence-corrected chi connectivity index (χ4v) is 1.62. The first-order chi connectivity index (χ1) is 6.61. The van der Waals surface area contributed by atoms with Gasteiger partial charge in [-0.1, -0.05) is 20.8 Å². The van der Waals surface area contributed by atoms with E-state index < -0.39 is 5.60 Å². The Morgan fingerprint density at radius 3 is 2.00 bits per heavy atom. The summed E-state index contributed by atoms with van der Waals surface area (Å²) < 4.78 is 0. The summed E-state index contributed by atoms with van der Waals surface area (Å²) in [4.78, 5) is 2.13. The predicted octanol–water partition coefficient (Wildman–Crippen LogP) is 1.24. The van der Waals surface area contributed by atoms with Crippen LogP contribution in [0.4, 0.5) is 0 Å². The minimum atomic E-state index is -0.579. The van der Waals surface area contributed by atoms with Gasteiger partial charge in [0.2, 0.25) is 0 Å². The number of rotatable bonds is 8. The van der Waals surface area contributed by atoms with Crippen molar-refractivity contribution in [2.75, 3.05) is 26.2 Å². The monoisotopic (exact) mass is 203 g/mol. The molecule has 0 atom stereocenters. The van der Waals surface area contributed by atoms with Crippen LogP contribution >= 0.6 is 0 Å². The van der Waals surface area contributed by atoms with Crippen LogP contribution in [-0.2, 0) is 0 Å². The normalized spacial score (nSPS) is 12.4. The minimum absolute atomic E-state index is 0.170. The molecule has 0 aromatic carbocycles. The molecule has 0 aromatic rings. The minimum Gasteiger partial charge on any atom is -0.395 e. The highest BCUT2D eigenvalue weighted by Gasteiger charge is 2.24. The van der Waals surface area contributed by atoms with Crippen LogP contribution in [0.15, 0.2) is 0 Å². The van der Waals surface area contributed by atoms with Crippen LogP contribution in [0.3, 0.4) is 0 Å². The van der Waals surface area contributed by atoms with Gasteiger partial charge in [0.1, 0.15) is 0 Å². The maximum Gasteiger partial charge on any atom is 0.0768 e. The Morgan fingerprint density at radius 2 is 1.64 bits per heavy atom. The molecule has 0 bridgehead atoms. The standard InChI is InChI=1S/C11H25NO2/c1-4-7-12(8-9-13)10-11(14,5-2)6-3/h13-14H,4-10H2,1-3H3. The molecule has 3 nitrogen and oxygen atoms in total. The maximum absolute atomic E-state index is 10.1. The van der Waals surface area contributed by atoms with E-state index in [-0.39, 0.29) is 6.61 Å². The van der Waals surface area contributed by atoms with Gasteiger partial charge in [0.15, 0.2) is 0 Å². The molecule has 14 heavy (non-hydrogen) atoms. The van der Waals surface area contributed by atoms with Crippen LogP contribution in [0.1, 0.15) is 40.0 Å². The summed E-state index contributed by atoms with van der Waals surface area (Å²) in [6.45, 7) is 8.58. The quantitative estimate of drug-likeness (QED) is 0.624. The molecule has 0 saturated carbocycles. The van der Waals surface area contributed by atoms with E-state index in [0.29, 0.717) is 13.1 Å². The molecular formula is C11H25NO2. The number of hydrogen-bond donors (Lipinski definition) is 2. The number of nitrogens with zero attached hydrogens (tertiary/aromatic N) is 1. The summed E-state index contributed by atoms with van der Waals surface area (Å²) >= 11 is 0. The first-order valence-electron chi connectivity index (χ1n) is 5.67. The molecule has 0 aliphatic carbocycles. The van der Waals surface area contributed by atoms with E-state index in [2.05, 4.69) is 11.8 Å². The van der Waals surface area contributed by atoms with Crippen molar-refractivity contribution < 1.29 is 10.2 Å². The highest BCUT2D eigenvalue weighted by molar-refractivity contribution is 4.79. The third-order valence-corrected chi connectivity index (χ3v) is 2.79. The van der Waals surface area contributed by atoms with E-state index in [1.807, 2.05) is 13.8 Å². The zero-order chi connectivity index (χ0) is 11.0. The Bertz CT molecular complexity index is 129. The van der Waals surface area contributed by atoms with Crippen LogP contribution in [0.25, 0.3) is 0 Å². The van der Waals surface area contributed by atoms with Crippen molar-refractivity contribution in [1.82, 2.24) is 4.90 Å². The first-order valence-corrected chi connectivity index (χ1v) is 5.67. The second-order valence-electron chi connectivity index (χ2n) is 3.93. The summed E-state index contributed by atoms with van der Waals surface area (Å²) in [5.74, 6) is 0. The second kappa shape index (κ2) is 7.21. The third-order valence-electron chi connectivity index (χ3n) is 2.79. The molecule has 0 fully saturated rings. The van der Waals surface area contributed by atoms with Crippen molar-refractivity contribution in [2.45, 2.75) is 45.6 Å². The van der Waals surface area contributed by atoms with Crippen LogP contribution in [0, 0.1) is 0 Å². The van der Waals surface area contributed by atoms with Gasteiger partial charge in [0.05, 0.1) is 12.2 Å². The fraction of sp³-hybridized carbons (Fsp3) is 1.00. The predicted molar refractivity (Wildman–Crippen MR) is 59.3 cm³/mol. The van der Waals surface area contributed by atoms with E-state index in [1.54, 1.807) is 0 Å². The van der Waals surface area contributed by atoms with Crippen molar-refractivity contribution in [2.24, 2.45) is 0 Å². The van der Waals surface area contributed by atoms with Gasteiger partial charge < -0.3 is 10.2 Å². The zero-order valence-corrected chi connectivity index (χ0v) is 9.79. The Hall–Kier alpha value is -0.120. The van der Waals surface area contributed by atoms with Crippen molar-refractivity contribution in [3.63, 3.8) is 0 Å². The van der Waals surface area contributed by atoms with E-state index in [9.17, 15) is 5.11 Å².